The van der Waals surface area contributed by atoms with Crippen molar-refractivity contribution < 1.29 is 0 Å². The van der Waals surface area contributed by atoms with Crippen LogP contribution in [0.2, 0.25) is 0 Å². The van der Waals surface area contributed by atoms with Gasteiger partial charge in [-0.1, -0.05) is 150 Å². The number of hydrogen-bond acceptors (Lipinski definition) is 0. The maximum atomic E-state index is 3.63. The summed E-state index contributed by atoms with van der Waals surface area (Å²) in [4.78, 5) is 0. The fourth-order valence-electron chi connectivity index (χ4n) is 4.80. The van der Waals surface area contributed by atoms with Crippen molar-refractivity contribution in [2.45, 2.75) is 156 Å². The fraction of sp³-hybridized carbons (Fsp3) is 0.900. The molecule has 30 heavy (non-hydrogen) atoms. The molecular formula is C30H58. The van der Waals surface area contributed by atoms with Gasteiger partial charge in [0.1, 0.15) is 0 Å². The molecule has 0 saturated heterocycles. The highest BCUT2D eigenvalue weighted by Crippen LogP contribution is 2.21. The molecule has 0 heterocycles. The average molecular weight is 419 g/mol. The summed E-state index contributed by atoms with van der Waals surface area (Å²) >= 11 is 0. The summed E-state index contributed by atoms with van der Waals surface area (Å²) in [6, 6.07) is 0. The van der Waals surface area contributed by atoms with E-state index in [9.17, 15) is 0 Å². The van der Waals surface area contributed by atoms with E-state index >= 15 is 0 Å². The zero-order valence-corrected chi connectivity index (χ0v) is 21.7. The standard InChI is InChI=1S/C30H58/c1-6-8-9-17-24-29(4)25-19-13-10-11-14-20-26-30(5)27-21-16-12-15-18-23-28(3)22-7-2/h8,28-30H,1,7,9-27H2,2-5H3. The minimum absolute atomic E-state index is 0.897. The van der Waals surface area contributed by atoms with Crippen LogP contribution in [-0.2, 0) is 0 Å². The molecule has 0 spiro atoms. The molecule has 0 aromatic carbocycles. The Morgan fingerprint density at radius 2 is 0.867 bits per heavy atom. The first-order valence-corrected chi connectivity index (χ1v) is 13.9. The normalized spacial score (nSPS) is 14.3. The van der Waals surface area contributed by atoms with Gasteiger partial charge in [-0.15, -0.1) is 5.73 Å². The molecular weight excluding hydrogens is 360 g/mol. The highest BCUT2D eigenvalue weighted by molar-refractivity contribution is 4.75. The predicted molar refractivity (Wildman–Crippen MR) is 139 cm³/mol. The number of unbranched alkanes of at least 4 members (excludes halogenated alkanes) is 10. The Bertz CT molecular complexity index is 375. The average Bonchev–Trinajstić information content (AvgIpc) is 2.72. The van der Waals surface area contributed by atoms with Crippen molar-refractivity contribution in [1.29, 1.82) is 0 Å². The van der Waals surface area contributed by atoms with Crippen LogP contribution in [0.1, 0.15) is 156 Å². The largest absolute Gasteiger partial charge is 0.133 e. The Kier molecular flexibility index (Phi) is 22.8. The summed E-state index contributed by atoms with van der Waals surface area (Å²) in [7, 11) is 0. The van der Waals surface area contributed by atoms with Gasteiger partial charge >= 0.3 is 0 Å². The maximum absolute atomic E-state index is 3.63. The molecule has 0 N–H and O–H groups in total. The Hall–Kier alpha value is -0.480. The molecule has 0 aromatic rings. The van der Waals surface area contributed by atoms with Crippen LogP contribution in [0.4, 0.5) is 0 Å². The van der Waals surface area contributed by atoms with Crippen molar-refractivity contribution in [3.05, 3.63) is 18.4 Å². The van der Waals surface area contributed by atoms with E-state index in [1.807, 2.05) is 0 Å². The minimum atomic E-state index is 0.897. The SMILES string of the molecule is C=C=CCCCC(C)CCCCCCCCC(C)CCCCCCCC(C)CCC. The molecule has 0 bridgehead atoms. The molecule has 0 nitrogen and oxygen atoms in total. The Morgan fingerprint density at radius 3 is 1.23 bits per heavy atom. The van der Waals surface area contributed by atoms with Gasteiger partial charge in [-0.05, 0) is 36.7 Å². The molecule has 0 aromatic heterocycles. The molecule has 0 rings (SSSR count). The Labute approximate surface area is 192 Å². The van der Waals surface area contributed by atoms with Gasteiger partial charge in [0.25, 0.3) is 0 Å². The minimum Gasteiger partial charge on any atom is -0.133 e. The molecule has 0 radical (unpaired) electrons. The molecule has 3 unspecified atom stereocenters. The highest BCUT2D eigenvalue weighted by Gasteiger charge is 2.04. The van der Waals surface area contributed by atoms with E-state index in [1.54, 1.807) is 0 Å². The third-order valence-corrected chi connectivity index (χ3v) is 7.01. The first-order chi connectivity index (χ1) is 14.6. The summed E-state index contributed by atoms with van der Waals surface area (Å²) < 4.78 is 0. The van der Waals surface area contributed by atoms with Crippen molar-refractivity contribution in [3.63, 3.8) is 0 Å². The third kappa shape index (κ3) is 22.2. The fourth-order valence-corrected chi connectivity index (χ4v) is 4.80. The molecule has 0 heteroatoms. The third-order valence-electron chi connectivity index (χ3n) is 7.01. The van der Waals surface area contributed by atoms with Gasteiger partial charge in [-0.25, -0.2) is 0 Å². The van der Waals surface area contributed by atoms with Crippen molar-refractivity contribution >= 4 is 0 Å². The predicted octanol–water partition coefficient (Wildman–Crippen LogP) is 11.1. The van der Waals surface area contributed by atoms with E-state index in [-0.39, 0.29) is 0 Å². The molecule has 0 saturated carbocycles. The lowest BCUT2D eigenvalue weighted by atomic mass is 9.94. The monoisotopic (exact) mass is 418 g/mol. The summed E-state index contributed by atoms with van der Waals surface area (Å²) in [6.45, 7) is 13.3. The lowest BCUT2D eigenvalue weighted by Crippen LogP contribution is -1.96. The van der Waals surface area contributed by atoms with Crippen LogP contribution in [0.5, 0.6) is 0 Å². The maximum Gasteiger partial charge on any atom is -0.0274 e. The first kappa shape index (κ1) is 29.5. The number of hydrogen-bond donors (Lipinski definition) is 0. The molecule has 0 aliphatic carbocycles. The van der Waals surface area contributed by atoms with Gasteiger partial charge in [-0.2, -0.15) is 0 Å². The second-order valence-corrected chi connectivity index (χ2v) is 10.5. The summed E-state index contributed by atoms with van der Waals surface area (Å²) in [6.07, 6.45) is 30.5. The van der Waals surface area contributed by atoms with Crippen LogP contribution < -0.4 is 0 Å². The van der Waals surface area contributed by atoms with E-state index < -0.39 is 0 Å². The van der Waals surface area contributed by atoms with Gasteiger partial charge in [0.05, 0.1) is 0 Å². The smallest absolute Gasteiger partial charge is 0.0274 e. The Morgan fingerprint density at radius 1 is 0.533 bits per heavy atom. The van der Waals surface area contributed by atoms with Gasteiger partial charge < -0.3 is 0 Å². The molecule has 3 atom stereocenters. The lowest BCUT2D eigenvalue weighted by Gasteiger charge is -2.12. The topological polar surface area (TPSA) is 0 Å². The molecule has 178 valence electrons. The van der Waals surface area contributed by atoms with Gasteiger partial charge in [0.15, 0.2) is 0 Å². The summed E-state index contributed by atoms with van der Waals surface area (Å²) in [5.41, 5.74) is 2.88. The highest BCUT2D eigenvalue weighted by atomic mass is 14.1. The quantitative estimate of drug-likeness (QED) is 0.114. The zero-order chi connectivity index (χ0) is 22.3. The van der Waals surface area contributed by atoms with Crippen LogP contribution in [0.3, 0.4) is 0 Å². The molecule has 0 amide bonds. The van der Waals surface area contributed by atoms with E-state index in [0.717, 1.165) is 24.2 Å². The second kappa shape index (κ2) is 23.2. The second-order valence-electron chi connectivity index (χ2n) is 10.5. The molecule has 0 aliphatic rings. The van der Waals surface area contributed by atoms with Crippen molar-refractivity contribution in [3.8, 4) is 0 Å². The van der Waals surface area contributed by atoms with Crippen LogP contribution >= 0.6 is 0 Å². The van der Waals surface area contributed by atoms with Crippen LogP contribution in [0, 0.1) is 17.8 Å². The van der Waals surface area contributed by atoms with E-state index in [2.05, 4.69) is 46.1 Å². The number of allylic oxidation sites excluding steroid dienone is 1. The first-order valence-electron chi connectivity index (χ1n) is 13.9. The lowest BCUT2D eigenvalue weighted by molar-refractivity contribution is 0.418. The van der Waals surface area contributed by atoms with E-state index in [4.69, 9.17) is 0 Å². The Balaban J connectivity index is 3.30. The van der Waals surface area contributed by atoms with Crippen molar-refractivity contribution in [1.82, 2.24) is 0 Å². The van der Waals surface area contributed by atoms with Crippen LogP contribution in [0.25, 0.3) is 0 Å². The molecule has 0 aliphatic heterocycles. The van der Waals surface area contributed by atoms with Crippen LogP contribution in [0.15, 0.2) is 18.4 Å². The van der Waals surface area contributed by atoms with Gasteiger partial charge in [0.2, 0.25) is 0 Å². The molecule has 0 fully saturated rings. The van der Waals surface area contributed by atoms with E-state index in [1.165, 1.54) is 122 Å². The zero-order valence-electron chi connectivity index (χ0n) is 21.7. The van der Waals surface area contributed by atoms with Gasteiger partial charge in [0, 0.05) is 0 Å². The number of rotatable bonds is 23. The van der Waals surface area contributed by atoms with Gasteiger partial charge in [-0.3, -0.25) is 0 Å². The summed E-state index contributed by atoms with van der Waals surface area (Å²) in [5.74, 6) is 2.80. The van der Waals surface area contributed by atoms with Crippen molar-refractivity contribution in [2.75, 3.05) is 0 Å². The summed E-state index contributed by atoms with van der Waals surface area (Å²) in [5, 5.41) is 0. The van der Waals surface area contributed by atoms with Crippen LogP contribution in [-0.4, -0.2) is 0 Å². The van der Waals surface area contributed by atoms with E-state index in [0.29, 0.717) is 0 Å². The van der Waals surface area contributed by atoms with Crippen molar-refractivity contribution in [2.24, 2.45) is 17.8 Å².